The maximum absolute atomic E-state index is 12.0. The van der Waals surface area contributed by atoms with E-state index < -0.39 is 11.9 Å². The van der Waals surface area contributed by atoms with Gasteiger partial charge in [0, 0.05) is 21.5 Å². The van der Waals surface area contributed by atoms with Crippen LogP contribution in [0.15, 0.2) is 40.6 Å². The number of thiocyanates is 1. The number of aryl methyl sites for hydroxylation is 2. The predicted octanol–water partition coefficient (Wildman–Crippen LogP) is 4.13. The first-order valence-electron chi connectivity index (χ1n) is 7.35. The summed E-state index contributed by atoms with van der Waals surface area (Å²) in [4.78, 5) is 25.4. The van der Waals surface area contributed by atoms with Crippen molar-refractivity contribution in [3.8, 4) is 5.40 Å². The number of carbonyl (C=O) groups is 2. The molecule has 5 nitrogen and oxygen atoms in total. The molecular weight excluding hydrogens is 356 g/mol. The van der Waals surface area contributed by atoms with E-state index in [9.17, 15) is 9.59 Å². The SMILES string of the molecule is Cc1cc(SC#N)cc(C)c1NC(=O)COC(=O)/C=C/c1cccs1. The monoisotopic (exact) mass is 372 g/mol. The number of nitrogens with one attached hydrogen (secondary N) is 1. The van der Waals surface area contributed by atoms with E-state index in [2.05, 4.69) is 5.32 Å². The molecule has 0 aliphatic heterocycles. The third-order valence-electron chi connectivity index (χ3n) is 3.21. The Labute approximate surface area is 154 Å². The number of nitrogens with zero attached hydrogens (tertiary/aromatic N) is 1. The molecule has 2 aromatic rings. The quantitative estimate of drug-likeness (QED) is 0.357. The second-order valence-corrected chi connectivity index (χ2v) is 6.97. The average Bonchev–Trinajstić information content (AvgIpc) is 3.08. The lowest BCUT2D eigenvalue weighted by molar-refractivity contribution is -0.142. The van der Waals surface area contributed by atoms with Gasteiger partial charge in [0.15, 0.2) is 6.61 Å². The highest BCUT2D eigenvalue weighted by atomic mass is 32.2. The first kappa shape index (κ1) is 18.8. The molecule has 1 heterocycles. The van der Waals surface area contributed by atoms with E-state index in [1.807, 2.05) is 48.9 Å². The zero-order valence-electron chi connectivity index (χ0n) is 13.7. The third kappa shape index (κ3) is 5.78. The molecule has 25 heavy (non-hydrogen) atoms. The molecule has 0 unspecified atom stereocenters. The van der Waals surface area contributed by atoms with E-state index >= 15 is 0 Å². The van der Waals surface area contributed by atoms with Gasteiger partial charge in [-0.25, -0.2) is 4.79 Å². The Balaban J connectivity index is 1.90. The standard InChI is InChI=1S/C18H16N2O3S2/c1-12-8-15(25-11-19)9-13(2)18(12)20-16(21)10-23-17(22)6-5-14-4-3-7-24-14/h3-9H,10H2,1-2H3,(H,20,21)/b6-5+. The van der Waals surface area contributed by atoms with E-state index in [0.29, 0.717) is 5.69 Å². The van der Waals surface area contributed by atoms with Gasteiger partial charge in [-0.2, -0.15) is 5.26 Å². The molecule has 7 heteroatoms. The summed E-state index contributed by atoms with van der Waals surface area (Å²) in [5.41, 5.74) is 2.35. The van der Waals surface area contributed by atoms with Crippen LogP contribution in [0, 0.1) is 24.5 Å². The summed E-state index contributed by atoms with van der Waals surface area (Å²) in [6.07, 6.45) is 2.94. The van der Waals surface area contributed by atoms with Crippen molar-refractivity contribution >= 4 is 46.7 Å². The number of carbonyl (C=O) groups excluding carboxylic acids is 2. The van der Waals surface area contributed by atoms with E-state index in [0.717, 1.165) is 32.7 Å². The van der Waals surface area contributed by atoms with Crippen molar-refractivity contribution in [1.82, 2.24) is 0 Å². The van der Waals surface area contributed by atoms with Crippen molar-refractivity contribution < 1.29 is 14.3 Å². The lowest BCUT2D eigenvalue weighted by atomic mass is 10.1. The molecule has 1 N–H and O–H groups in total. The van der Waals surface area contributed by atoms with E-state index in [-0.39, 0.29) is 6.61 Å². The van der Waals surface area contributed by atoms with Crippen LogP contribution in [0.4, 0.5) is 5.69 Å². The largest absolute Gasteiger partial charge is 0.452 e. The van der Waals surface area contributed by atoms with Gasteiger partial charge >= 0.3 is 5.97 Å². The number of hydrogen-bond acceptors (Lipinski definition) is 6. The van der Waals surface area contributed by atoms with E-state index in [1.54, 1.807) is 6.08 Å². The number of benzene rings is 1. The Hall–Kier alpha value is -2.56. The Morgan fingerprint density at radius 3 is 2.68 bits per heavy atom. The molecule has 0 atom stereocenters. The van der Waals surface area contributed by atoms with Crippen LogP contribution in [0.25, 0.3) is 6.08 Å². The van der Waals surface area contributed by atoms with Gasteiger partial charge in [0.2, 0.25) is 0 Å². The number of hydrogen-bond donors (Lipinski definition) is 1. The zero-order chi connectivity index (χ0) is 18.2. The van der Waals surface area contributed by atoms with E-state index in [1.165, 1.54) is 17.4 Å². The lowest BCUT2D eigenvalue weighted by Gasteiger charge is -2.12. The Kier molecular flexibility index (Phi) is 6.81. The van der Waals surface area contributed by atoms with Crippen LogP contribution < -0.4 is 5.32 Å². The minimum Gasteiger partial charge on any atom is -0.452 e. The normalized spacial score (nSPS) is 10.4. The summed E-state index contributed by atoms with van der Waals surface area (Å²) in [5.74, 6) is -0.984. The number of rotatable bonds is 6. The molecule has 1 aromatic heterocycles. The summed E-state index contributed by atoms with van der Waals surface area (Å²) < 4.78 is 4.94. The summed E-state index contributed by atoms with van der Waals surface area (Å²) >= 11 is 2.57. The number of nitriles is 1. The summed E-state index contributed by atoms with van der Waals surface area (Å²) in [7, 11) is 0. The molecule has 0 radical (unpaired) electrons. The maximum Gasteiger partial charge on any atom is 0.331 e. The Morgan fingerprint density at radius 2 is 2.08 bits per heavy atom. The highest BCUT2D eigenvalue weighted by molar-refractivity contribution is 8.03. The summed E-state index contributed by atoms with van der Waals surface area (Å²) in [5, 5.41) is 15.4. The molecule has 0 bridgehead atoms. The Bertz CT molecular complexity index is 813. The van der Waals surface area contributed by atoms with E-state index in [4.69, 9.17) is 10.00 Å². The Morgan fingerprint density at radius 1 is 1.36 bits per heavy atom. The summed E-state index contributed by atoms with van der Waals surface area (Å²) in [6.45, 7) is 3.33. The van der Waals surface area contributed by atoms with Crippen LogP contribution in [0.2, 0.25) is 0 Å². The van der Waals surface area contributed by atoms with Crippen molar-refractivity contribution in [3.05, 3.63) is 51.7 Å². The molecule has 0 fully saturated rings. The van der Waals surface area contributed by atoms with Crippen molar-refractivity contribution in [2.75, 3.05) is 11.9 Å². The fraction of sp³-hybridized carbons (Fsp3) is 0.167. The number of amides is 1. The summed E-state index contributed by atoms with van der Waals surface area (Å²) in [6, 6.07) is 7.41. The molecule has 0 aliphatic rings. The van der Waals surface area contributed by atoms with Crippen LogP contribution in [0.5, 0.6) is 0 Å². The van der Waals surface area contributed by atoms with Crippen LogP contribution in [0.1, 0.15) is 16.0 Å². The number of anilines is 1. The predicted molar refractivity (Wildman–Crippen MR) is 100 cm³/mol. The maximum atomic E-state index is 12.0. The van der Waals surface area contributed by atoms with Gasteiger partial charge in [0.1, 0.15) is 5.40 Å². The number of esters is 1. The minimum atomic E-state index is -0.572. The fourth-order valence-corrected chi connectivity index (χ4v) is 3.32. The van der Waals surface area contributed by atoms with Crippen molar-refractivity contribution in [3.63, 3.8) is 0 Å². The molecule has 1 aromatic carbocycles. The molecule has 2 rings (SSSR count). The van der Waals surface area contributed by atoms with Crippen LogP contribution in [-0.2, 0) is 14.3 Å². The van der Waals surface area contributed by atoms with Gasteiger partial charge < -0.3 is 10.1 Å². The number of thioether (sulfide) groups is 1. The molecule has 128 valence electrons. The molecule has 0 saturated carbocycles. The molecular formula is C18H16N2O3S2. The molecule has 0 spiro atoms. The van der Waals surface area contributed by atoms with Crippen molar-refractivity contribution in [1.29, 1.82) is 5.26 Å². The number of thiophene rings is 1. The van der Waals surface area contributed by atoms with Crippen LogP contribution in [0.3, 0.4) is 0 Å². The lowest BCUT2D eigenvalue weighted by Crippen LogP contribution is -2.21. The molecule has 1 amide bonds. The first-order chi connectivity index (χ1) is 12.0. The van der Waals surface area contributed by atoms with Gasteiger partial charge in [0.05, 0.1) is 0 Å². The zero-order valence-corrected chi connectivity index (χ0v) is 15.4. The fourth-order valence-electron chi connectivity index (χ4n) is 2.13. The number of ether oxygens (including phenoxy) is 1. The van der Waals surface area contributed by atoms with Gasteiger partial charge in [-0.3, -0.25) is 4.79 Å². The average molecular weight is 372 g/mol. The van der Waals surface area contributed by atoms with Gasteiger partial charge in [-0.15, -0.1) is 11.3 Å². The smallest absolute Gasteiger partial charge is 0.331 e. The second-order valence-electron chi connectivity index (χ2n) is 5.13. The topological polar surface area (TPSA) is 79.2 Å². The van der Waals surface area contributed by atoms with Crippen LogP contribution >= 0.6 is 23.1 Å². The van der Waals surface area contributed by atoms with Crippen molar-refractivity contribution in [2.45, 2.75) is 18.7 Å². The van der Waals surface area contributed by atoms with Crippen LogP contribution in [-0.4, -0.2) is 18.5 Å². The minimum absolute atomic E-state index is 0.360. The van der Waals surface area contributed by atoms with Gasteiger partial charge in [-0.05, 0) is 66.4 Å². The van der Waals surface area contributed by atoms with Crippen molar-refractivity contribution in [2.24, 2.45) is 0 Å². The second kappa shape index (κ2) is 9.06. The third-order valence-corrected chi connectivity index (χ3v) is 4.61. The highest BCUT2D eigenvalue weighted by Gasteiger charge is 2.11. The van der Waals surface area contributed by atoms with Gasteiger partial charge in [-0.1, -0.05) is 6.07 Å². The molecule has 0 saturated heterocycles. The first-order valence-corrected chi connectivity index (χ1v) is 9.04. The van der Waals surface area contributed by atoms with Gasteiger partial charge in [0.25, 0.3) is 5.91 Å². The highest BCUT2D eigenvalue weighted by Crippen LogP contribution is 2.27. The molecule has 0 aliphatic carbocycles.